The van der Waals surface area contributed by atoms with Crippen molar-refractivity contribution >= 4 is 0 Å². The monoisotopic (exact) mass is 292 g/mol. The number of nitrogens with one attached hydrogen (secondary N) is 1. The number of aromatic nitrogens is 2. The van der Waals surface area contributed by atoms with Crippen molar-refractivity contribution in [3.05, 3.63) is 18.2 Å². The van der Waals surface area contributed by atoms with Crippen LogP contribution < -0.4 is 5.32 Å². The fourth-order valence-electron chi connectivity index (χ4n) is 3.72. The second kappa shape index (κ2) is 7.41. The Balaban J connectivity index is 1.92. The summed E-state index contributed by atoms with van der Waals surface area (Å²) in [5.74, 6) is 2.00. The van der Waals surface area contributed by atoms with E-state index < -0.39 is 0 Å². The van der Waals surface area contributed by atoms with Gasteiger partial charge >= 0.3 is 0 Å². The van der Waals surface area contributed by atoms with Crippen molar-refractivity contribution in [2.75, 3.05) is 20.6 Å². The Morgan fingerprint density at radius 3 is 2.95 bits per heavy atom. The molecule has 4 heteroatoms. The van der Waals surface area contributed by atoms with E-state index in [1.807, 2.05) is 6.20 Å². The highest BCUT2D eigenvalue weighted by atomic mass is 15.2. The highest BCUT2D eigenvalue weighted by Crippen LogP contribution is 2.35. The van der Waals surface area contributed by atoms with Crippen LogP contribution in [0.5, 0.6) is 0 Å². The molecule has 1 heterocycles. The largest absolute Gasteiger partial charge is 0.334 e. The smallest absolute Gasteiger partial charge is 0.122 e. The van der Waals surface area contributed by atoms with Crippen molar-refractivity contribution in [2.45, 2.75) is 64.6 Å². The van der Waals surface area contributed by atoms with Crippen LogP contribution >= 0.6 is 0 Å². The number of imidazole rings is 1. The summed E-state index contributed by atoms with van der Waals surface area (Å²) in [4.78, 5) is 6.93. The van der Waals surface area contributed by atoms with Gasteiger partial charge in [0.2, 0.25) is 0 Å². The van der Waals surface area contributed by atoms with Crippen LogP contribution in [-0.2, 0) is 13.1 Å². The summed E-state index contributed by atoms with van der Waals surface area (Å²) in [6.45, 7) is 7.60. The Morgan fingerprint density at radius 1 is 1.48 bits per heavy atom. The zero-order valence-corrected chi connectivity index (χ0v) is 14.2. The van der Waals surface area contributed by atoms with Crippen LogP contribution in [0.25, 0.3) is 0 Å². The minimum absolute atomic E-state index is 0.319. The molecule has 0 aliphatic heterocycles. The molecule has 2 unspecified atom stereocenters. The van der Waals surface area contributed by atoms with E-state index in [0.29, 0.717) is 5.54 Å². The molecule has 0 aromatic carbocycles. The molecule has 21 heavy (non-hydrogen) atoms. The van der Waals surface area contributed by atoms with Crippen molar-refractivity contribution in [1.29, 1.82) is 0 Å². The van der Waals surface area contributed by atoms with E-state index in [2.05, 4.69) is 53.9 Å². The van der Waals surface area contributed by atoms with Crippen molar-refractivity contribution in [1.82, 2.24) is 19.8 Å². The maximum atomic E-state index is 4.49. The average molecular weight is 292 g/mol. The van der Waals surface area contributed by atoms with E-state index in [1.54, 1.807) is 0 Å². The molecule has 1 fully saturated rings. The lowest BCUT2D eigenvalue weighted by Crippen LogP contribution is -2.54. The predicted octanol–water partition coefficient (Wildman–Crippen LogP) is 2.89. The Kier molecular flexibility index (Phi) is 5.82. The molecule has 1 aliphatic carbocycles. The summed E-state index contributed by atoms with van der Waals surface area (Å²) < 4.78 is 2.26. The Labute approximate surface area is 129 Å². The van der Waals surface area contributed by atoms with Crippen LogP contribution in [0.3, 0.4) is 0 Å². The van der Waals surface area contributed by atoms with Gasteiger partial charge in [-0.2, -0.15) is 0 Å². The van der Waals surface area contributed by atoms with Gasteiger partial charge in [-0.1, -0.05) is 26.7 Å². The average Bonchev–Trinajstić information content (AvgIpc) is 2.87. The molecule has 0 amide bonds. The number of likely N-dealkylation sites (N-methyl/N-ethyl adjacent to an activating group) is 1. The van der Waals surface area contributed by atoms with E-state index in [1.165, 1.54) is 25.7 Å². The molecule has 4 nitrogen and oxygen atoms in total. The molecule has 1 N–H and O–H groups in total. The summed E-state index contributed by atoms with van der Waals surface area (Å²) in [5, 5.41) is 3.67. The number of aryl methyl sites for hydroxylation is 1. The highest BCUT2D eigenvalue weighted by molar-refractivity contribution is 4.97. The maximum Gasteiger partial charge on any atom is 0.122 e. The second-order valence-electron chi connectivity index (χ2n) is 6.96. The van der Waals surface area contributed by atoms with Crippen molar-refractivity contribution in [3.8, 4) is 0 Å². The van der Waals surface area contributed by atoms with Gasteiger partial charge in [0.25, 0.3) is 0 Å². The second-order valence-corrected chi connectivity index (χ2v) is 6.96. The summed E-state index contributed by atoms with van der Waals surface area (Å²) in [5.41, 5.74) is 0.319. The molecule has 2 atom stereocenters. The maximum absolute atomic E-state index is 4.49. The van der Waals surface area contributed by atoms with Gasteiger partial charge in [0.05, 0.1) is 6.54 Å². The Bertz CT molecular complexity index is 426. The van der Waals surface area contributed by atoms with Crippen molar-refractivity contribution < 1.29 is 0 Å². The fourth-order valence-corrected chi connectivity index (χ4v) is 3.72. The van der Waals surface area contributed by atoms with Gasteiger partial charge in [0, 0.05) is 31.0 Å². The summed E-state index contributed by atoms with van der Waals surface area (Å²) in [7, 11) is 4.47. The molecule has 0 saturated heterocycles. The van der Waals surface area contributed by atoms with E-state index in [4.69, 9.17) is 0 Å². The molecule has 1 aromatic rings. The molecular weight excluding hydrogens is 260 g/mol. The van der Waals surface area contributed by atoms with Gasteiger partial charge in [-0.25, -0.2) is 4.98 Å². The Hall–Kier alpha value is -0.870. The first-order valence-electron chi connectivity index (χ1n) is 8.45. The predicted molar refractivity (Wildman–Crippen MR) is 88.3 cm³/mol. The number of hydrogen-bond donors (Lipinski definition) is 1. The lowest BCUT2D eigenvalue weighted by Gasteiger charge is -2.45. The van der Waals surface area contributed by atoms with Crippen LogP contribution in [0.2, 0.25) is 0 Å². The Morgan fingerprint density at radius 2 is 2.29 bits per heavy atom. The molecule has 0 bridgehead atoms. The first-order chi connectivity index (χ1) is 10.1. The van der Waals surface area contributed by atoms with E-state index in [9.17, 15) is 0 Å². The number of rotatable bonds is 7. The lowest BCUT2D eigenvalue weighted by atomic mass is 9.75. The lowest BCUT2D eigenvalue weighted by molar-refractivity contribution is 0.0747. The van der Waals surface area contributed by atoms with Gasteiger partial charge in [-0.3, -0.25) is 0 Å². The summed E-state index contributed by atoms with van der Waals surface area (Å²) in [6, 6.07) is 0. The van der Waals surface area contributed by atoms with E-state index in [-0.39, 0.29) is 0 Å². The summed E-state index contributed by atoms with van der Waals surface area (Å²) >= 11 is 0. The van der Waals surface area contributed by atoms with Crippen LogP contribution in [0, 0.1) is 5.92 Å². The van der Waals surface area contributed by atoms with E-state index in [0.717, 1.165) is 37.8 Å². The minimum atomic E-state index is 0.319. The van der Waals surface area contributed by atoms with Crippen LogP contribution in [0.1, 0.15) is 51.8 Å². The molecule has 2 rings (SSSR count). The zero-order valence-electron chi connectivity index (χ0n) is 14.2. The molecule has 0 radical (unpaired) electrons. The highest BCUT2D eigenvalue weighted by Gasteiger charge is 2.36. The topological polar surface area (TPSA) is 33.1 Å². The SMILES string of the molecule is CCCn1ccnc1CNCC1(N(C)C)CCCC(C)C1. The summed E-state index contributed by atoms with van der Waals surface area (Å²) in [6.07, 6.45) is 10.5. The fraction of sp³-hybridized carbons (Fsp3) is 0.824. The van der Waals surface area contributed by atoms with Crippen molar-refractivity contribution in [3.63, 3.8) is 0 Å². The zero-order chi connectivity index (χ0) is 15.3. The van der Waals surface area contributed by atoms with Crippen LogP contribution in [-0.4, -0.2) is 40.6 Å². The van der Waals surface area contributed by atoms with Gasteiger partial charge < -0.3 is 14.8 Å². The first kappa shape index (κ1) is 16.5. The van der Waals surface area contributed by atoms with Crippen molar-refractivity contribution in [2.24, 2.45) is 5.92 Å². The molecule has 0 spiro atoms. The standard InChI is InChI=1S/C17H32N4/c1-5-10-21-11-9-19-16(21)13-18-14-17(20(3)4)8-6-7-15(2)12-17/h9,11,15,18H,5-8,10,12-14H2,1-4H3. The van der Waals surface area contributed by atoms with Crippen LogP contribution in [0.4, 0.5) is 0 Å². The minimum Gasteiger partial charge on any atom is -0.334 e. The molecule has 1 aliphatic rings. The van der Waals surface area contributed by atoms with Gasteiger partial charge in [-0.05, 0) is 39.3 Å². The first-order valence-corrected chi connectivity index (χ1v) is 8.45. The third-order valence-electron chi connectivity index (χ3n) is 5.02. The van der Waals surface area contributed by atoms with Gasteiger partial charge in [0.15, 0.2) is 0 Å². The molecule has 1 aromatic heterocycles. The van der Waals surface area contributed by atoms with Crippen LogP contribution in [0.15, 0.2) is 12.4 Å². The molecule has 120 valence electrons. The van der Waals surface area contributed by atoms with Gasteiger partial charge in [0.1, 0.15) is 5.82 Å². The quantitative estimate of drug-likeness (QED) is 0.839. The molecule has 1 saturated carbocycles. The molecular formula is C17H32N4. The number of hydrogen-bond acceptors (Lipinski definition) is 3. The van der Waals surface area contributed by atoms with Gasteiger partial charge in [-0.15, -0.1) is 0 Å². The third-order valence-corrected chi connectivity index (χ3v) is 5.02. The number of nitrogens with zero attached hydrogens (tertiary/aromatic N) is 3. The van der Waals surface area contributed by atoms with E-state index >= 15 is 0 Å². The normalized spacial score (nSPS) is 26.4. The third kappa shape index (κ3) is 4.07.